The second kappa shape index (κ2) is 14.1. The molecule has 0 heterocycles. The van der Waals surface area contributed by atoms with E-state index in [4.69, 9.17) is 18.9 Å². The van der Waals surface area contributed by atoms with Crippen LogP contribution in [-0.2, 0) is 18.9 Å². The van der Waals surface area contributed by atoms with E-state index in [9.17, 15) is 0 Å². The van der Waals surface area contributed by atoms with Crippen LogP contribution < -0.4 is 0 Å². The van der Waals surface area contributed by atoms with Crippen LogP contribution in [0, 0.1) is 0 Å². The van der Waals surface area contributed by atoms with E-state index in [0.29, 0.717) is 13.2 Å². The molecule has 0 aliphatic rings. The molecule has 0 saturated heterocycles. The van der Waals surface area contributed by atoms with Gasteiger partial charge in [-0.15, -0.1) is 0 Å². The van der Waals surface area contributed by atoms with Gasteiger partial charge in [-0.05, 0) is 44.9 Å². The Morgan fingerprint density at radius 3 is 1.54 bits per heavy atom. The molecule has 0 rings (SSSR count). The Kier molecular flexibility index (Phi) is 14.0. The summed E-state index contributed by atoms with van der Waals surface area (Å²) in [6.45, 7) is 14.6. The molecule has 0 atom stereocenters. The van der Waals surface area contributed by atoms with Gasteiger partial charge in [0.25, 0.3) is 0 Å². The molecule has 0 radical (unpaired) electrons. The number of hydrogen-bond donors (Lipinski definition) is 0. The van der Waals surface area contributed by atoms with Crippen molar-refractivity contribution in [3.63, 3.8) is 0 Å². The lowest BCUT2D eigenvalue weighted by atomic mass is 9.91. The largest absolute Gasteiger partial charge is 0.382 e. The maximum atomic E-state index is 6.38. The minimum absolute atomic E-state index is 0.0620. The zero-order valence-electron chi connectivity index (χ0n) is 17.1. The Labute approximate surface area is 150 Å². The molecule has 24 heavy (non-hydrogen) atoms. The number of hydrogen-bond acceptors (Lipinski definition) is 4. The van der Waals surface area contributed by atoms with E-state index >= 15 is 0 Å². The van der Waals surface area contributed by atoms with E-state index in [1.807, 2.05) is 0 Å². The van der Waals surface area contributed by atoms with Gasteiger partial charge in [-0.2, -0.15) is 0 Å². The van der Waals surface area contributed by atoms with Crippen LogP contribution in [0.15, 0.2) is 0 Å². The molecule has 4 nitrogen and oxygen atoms in total. The molecular formula is C20H42O4. The smallest absolute Gasteiger partial charge is 0.0707 e. The Hall–Kier alpha value is -0.160. The molecular weight excluding hydrogens is 304 g/mol. The summed E-state index contributed by atoms with van der Waals surface area (Å²) < 4.78 is 23.3. The van der Waals surface area contributed by atoms with Crippen molar-refractivity contribution in [1.82, 2.24) is 0 Å². The predicted molar refractivity (Wildman–Crippen MR) is 101 cm³/mol. The van der Waals surface area contributed by atoms with Crippen LogP contribution >= 0.6 is 0 Å². The molecule has 0 unspecified atom stereocenters. The highest BCUT2D eigenvalue weighted by atomic mass is 16.5. The molecule has 0 bridgehead atoms. The van der Waals surface area contributed by atoms with E-state index in [1.54, 1.807) is 7.11 Å². The molecule has 0 aromatic rings. The summed E-state index contributed by atoms with van der Waals surface area (Å²) in [6.07, 6.45) is 7.02. The molecule has 0 aliphatic carbocycles. The van der Waals surface area contributed by atoms with E-state index in [2.05, 4.69) is 34.6 Å². The van der Waals surface area contributed by atoms with Crippen LogP contribution in [-0.4, -0.2) is 51.3 Å². The molecule has 0 spiro atoms. The first-order valence-electron chi connectivity index (χ1n) is 9.92. The molecule has 0 aliphatic heterocycles. The summed E-state index contributed by atoms with van der Waals surface area (Å²) in [5.41, 5.74) is -0.155. The average molecular weight is 347 g/mol. The van der Waals surface area contributed by atoms with E-state index < -0.39 is 0 Å². The number of methoxy groups -OCH3 is 1. The summed E-state index contributed by atoms with van der Waals surface area (Å²) in [6, 6.07) is 0. The standard InChI is InChI=1S/C20H42O4/c1-7-14-22-15-12-19(8-2,9-3)23-16-13-20(10-4,11-5)24-18-17-21-6/h7-18H2,1-6H3. The summed E-state index contributed by atoms with van der Waals surface area (Å²) in [7, 11) is 1.71. The topological polar surface area (TPSA) is 36.9 Å². The Morgan fingerprint density at radius 1 is 0.583 bits per heavy atom. The van der Waals surface area contributed by atoms with Gasteiger partial charge in [-0.1, -0.05) is 34.6 Å². The fourth-order valence-corrected chi connectivity index (χ4v) is 3.06. The summed E-state index contributed by atoms with van der Waals surface area (Å²) in [5, 5.41) is 0. The van der Waals surface area contributed by atoms with Gasteiger partial charge in [-0.25, -0.2) is 0 Å². The zero-order valence-corrected chi connectivity index (χ0v) is 17.1. The summed E-state index contributed by atoms with van der Waals surface area (Å²) in [4.78, 5) is 0. The van der Waals surface area contributed by atoms with Crippen LogP contribution in [0.1, 0.15) is 79.6 Å². The maximum Gasteiger partial charge on any atom is 0.0707 e. The maximum absolute atomic E-state index is 6.38. The fourth-order valence-electron chi connectivity index (χ4n) is 3.06. The Balaban J connectivity index is 4.48. The predicted octanol–water partition coefficient (Wildman–Crippen LogP) is 4.99. The molecule has 0 saturated carbocycles. The number of rotatable bonds is 17. The fraction of sp³-hybridized carbons (Fsp3) is 1.00. The SMILES string of the molecule is CCCOCCC(CC)(CC)OCCC(CC)(CC)OCCOC. The van der Waals surface area contributed by atoms with Gasteiger partial charge in [-0.3, -0.25) is 0 Å². The lowest BCUT2D eigenvalue weighted by molar-refractivity contribution is -0.116. The first-order valence-corrected chi connectivity index (χ1v) is 9.92. The van der Waals surface area contributed by atoms with Gasteiger partial charge in [0, 0.05) is 20.3 Å². The Morgan fingerprint density at radius 2 is 1.08 bits per heavy atom. The van der Waals surface area contributed by atoms with Gasteiger partial charge in [0.05, 0.1) is 31.0 Å². The second-order valence-corrected chi connectivity index (χ2v) is 6.58. The van der Waals surface area contributed by atoms with Gasteiger partial charge < -0.3 is 18.9 Å². The van der Waals surface area contributed by atoms with Crippen LogP contribution in [0.2, 0.25) is 0 Å². The monoisotopic (exact) mass is 346 g/mol. The van der Waals surface area contributed by atoms with Crippen molar-refractivity contribution in [3.8, 4) is 0 Å². The molecule has 146 valence electrons. The van der Waals surface area contributed by atoms with Gasteiger partial charge >= 0.3 is 0 Å². The minimum Gasteiger partial charge on any atom is -0.382 e. The van der Waals surface area contributed by atoms with Crippen molar-refractivity contribution in [2.75, 3.05) is 40.1 Å². The van der Waals surface area contributed by atoms with Crippen LogP contribution in [0.4, 0.5) is 0 Å². The third-order valence-corrected chi connectivity index (χ3v) is 5.29. The first-order chi connectivity index (χ1) is 11.6. The highest BCUT2D eigenvalue weighted by Crippen LogP contribution is 2.29. The summed E-state index contributed by atoms with van der Waals surface area (Å²) in [5.74, 6) is 0. The van der Waals surface area contributed by atoms with Gasteiger partial charge in [0.2, 0.25) is 0 Å². The second-order valence-electron chi connectivity index (χ2n) is 6.58. The van der Waals surface area contributed by atoms with Crippen molar-refractivity contribution in [1.29, 1.82) is 0 Å². The van der Waals surface area contributed by atoms with Crippen LogP contribution in [0.5, 0.6) is 0 Å². The van der Waals surface area contributed by atoms with Crippen molar-refractivity contribution < 1.29 is 18.9 Å². The molecule has 0 amide bonds. The average Bonchev–Trinajstić information content (AvgIpc) is 2.63. The highest BCUT2D eigenvalue weighted by Gasteiger charge is 2.31. The third-order valence-electron chi connectivity index (χ3n) is 5.29. The minimum atomic E-state index is -0.0928. The molecule has 4 heteroatoms. The molecule has 0 fully saturated rings. The quantitative estimate of drug-likeness (QED) is 0.348. The van der Waals surface area contributed by atoms with E-state index in [0.717, 1.165) is 64.8 Å². The van der Waals surface area contributed by atoms with E-state index in [1.165, 1.54) is 0 Å². The van der Waals surface area contributed by atoms with Crippen molar-refractivity contribution >= 4 is 0 Å². The van der Waals surface area contributed by atoms with Gasteiger partial charge in [0.15, 0.2) is 0 Å². The highest BCUT2D eigenvalue weighted by molar-refractivity contribution is 4.81. The molecule has 0 aromatic heterocycles. The third kappa shape index (κ3) is 8.80. The van der Waals surface area contributed by atoms with Crippen LogP contribution in [0.25, 0.3) is 0 Å². The first kappa shape index (κ1) is 23.8. The Bertz CT molecular complexity index is 273. The molecule has 0 N–H and O–H groups in total. The normalized spacial score (nSPS) is 12.8. The van der Waals surface area contributed by atoms with Crippen molar-refractivity contribution in [2.45, 2.75) is 90.8 Å². The van der Waals surface area contributed by atoms with Crippen molar-refractivity contribution in [2.24, 2.45) is 0 Å². The van der Waals surface area contributed by atoms with E-state index in [-0.39, 0.29) is 11.2 Å². The lowest BCUT2D eigenvalue weighted by Gasteiger charge is -2.36. The van der Waals surface area contributed by atoms with Gasteiger partial charge in [0.1, 0.15) is 0 Å². The molecule has 0 aromatic carbocycles. The zero-order chi connectivity index (χ0) is 18.3. The lowest BCUT2D eigenvalue weighted by Crippen LogP contribution is -2.38. The van der Waals surface area contributed by atoms with Crippen LogP contribution in [0.3, 0.4) is 0 Å². The summed E-state index contributed by atoms with van der Waals surface area (Å²) >= 11 is 0. The van der Waals surface area contributed by atoms with Crippen molar-refractivity contribution in [3.05, 3.63) is 0 Å². The number of ether oxygens (including phenoxy) is 4.